The summed E-state index contributed by atoms with van der Waals surface area (Å²) in [4.78, 5) is 10.5. The molecule has 0 aliphatic carbocycles. The molecule has 14 heavy (non-hydrogen) atoms. The number of methoxy groups -OCH3 is 1. The molecule has 3 nitrogen and oxygen atoms in total. The van der Waals surface area contributed by atoms with Crippen LogP contribution in [-0.4, -0.2) is 24.6 Å². The van der Waals surface area contributed by atoms with Gasteiger partial charge in [-0.3, -0.25) is 0 Å². The van der Waals surface area contributed by atoms with Crippen LogP contribution in [0.25, 0.3) is 0 Å². The lowest BCUT2D eigenvalue weighted by atomic mass is 10.1. The van der Waals surface area contributed by atoms with E-state index in [0.717, 1.165) is 11.8 Å². The number of para-hydroxylation sites is 1. The van der Waals surface area contributed by atoms with Crippen molar-refractivity contribution in [2.24, 2.45) is 0 Å². The van der Waals surface area contributed by atoms with Crippen molar-refractivity contribution in [2.45, 2.75) is 18.9 Å². The summed E-state index contributed by atoms with van der Waals surface area (Å²) in [7, 11) is 1.50. The number of aldehydes is 1. The van der Waals surface area contributed by atoms with Gasteiger partial charge in [0, 0.05) is 7.11 Å². The van der Waals surface area contributed by atoms with Crippen LogP contribution in [-0.2, 0) is 16.0 Å². The Labute approximate surface area is 83.3 Å². The summed E-state index contributed by atoms with van der Waals surface area (Å²) >= 11 is 0. The highest BCUT2D eigenvalue weighted by atomic mass is 16.5. The zero-order chi connectivity index (χ0) is 10.4. The fourth-order valence-corrected chi connectivity index (χ4v) is 1.26. The normalized spacial score (nSPS) is 12.4. The summed E-state index contributed by atoms with van der Waals surface area (Å²) in [6.45, 7) is 0. The second kappa shape index (κ2) is 5.40. The third-order valence-corrected chi connectivity index (χ3v) is 2.14. The van der Waals surface area contributed by atoms with Gasteiger partial charge in [-0.2, -0.15) is 0 Å². The Hall–Kier alpha value is -1.35. The number of rotatable bonds is 5. The Morgan fingerprint density at radius 2 is 2.21 bits per heavy atom. The van der Waals surface area contributed by atoms with Gasteiger partial charge in [0.25, 0.3) is 0 Å². The molecule has 0 radical (unpaired) electrons. The quantitative estimate of drug-likeness (QED) is 0.723. The summed E-state index contributed by atoms with van der Waals surface area (Å²) in [6, 6.07) is 7.11. The summed E-state index contributed by atoms with van der Waals surface area (Å²) in [5, 5.41) is 9.44. The molecule has 0 heterocycles. The Morgan fingerprint density at radius 3 is 2.79 bits per heavy atom. The van der Waals surface area contributed by atoms with Crippen molar-refractivity contribution >= 4 is 6.29 Å². The van der Waals surface area contributed by atoms with Gasteiger partial charge in [-0.15, -0.1) is 0 Å². The number of hydrogen-bond acceptors (Lipinski definition) is 3. The maximum absolute atomic E-state index is 10.5. The molecule has 0 amide bonds. The molecule has 1 unspecified atom stereocenters. The lowest BCUT2D eigenvalue weighted by Crippen LogP contribution is -2.12. The van der Waals surface area contributed by atoms with Gasteiger partial charge in [-0.05, 0) is 24.5 Å². The van der Waals surface area contributed by atoms with E-state index < -0.39 is 0 Å². The molecule has 0 spiro atoms. The third kappa shape index (κ3) is 2.85. The predicted octanol–water partition coefficient (Wildman–Crippen LogP) is 1.54. The first kappa shape index (κ1) is 10.7. The maximum Gasteiger partial charge on any atom is 0.148 e. The summed E-state index contributed by atoms with van der Waals surface area (Å²) in [5.74, 6) is 0.272. The van der Waals surface area contributed by atoms with Crippen LogP contribution in [0, 0.1) is 0 Å². The van der Waals surface area contributed by atoms with E-state index in [0.29, 0.717) is 12.8 Å². The number of benzene rings is 1. The molecular formula is C11H14O3. The van der Waals surface area contributed by atoms with Gasteiger partial charge in [0.05, 0.1) is 0 Å². The fraction of sp³-hybridized carbons (Fsp3) is 0.364. The van der Waals surface area contributed by atoms with Gasteiger partial charge in [0.2, 0.25) is 0 Å². The highest BCUT2D eigenvalue weighted by molar-refractivity contribution is 5.56. The van der Waals surface area contributed by atoms with E-state index in [1.807, 2.05) is 12.1 Å². The van der Waals surface area contributed by atoms with Crippen molar-refractivity contribution in [3.05, 3.63) is 29.8 Å². The molecule has 0 saturated heterocycles. The number of hydrogen-bond donors (Lipinski definition) is 1. The van der Waals surface area contributed by atoms with E-state index in [-0.39, 0.29) is 11.9 Å². The van der Waals surface area contributed by atoms with Crippen molar-refractivity contribution in [3.8, 4) is 5.75 Å². The molecule has 0 aromatic heterocycles. The van der Waals surface area contributed by atoms with Gasteiger partial charge in [-0.1, -0.05) is 18.2 Å². The lowest BCUT2D eigenvalue weighted by Gasteiger charge is -2.08. The van der Waals surface area contributed by atoms with Crippen LogP contribution < -0.4 is 0 Å². The summed E-state index contributed by atoms with van der Waals surface area (Å²) in [5.41, 5.74) is 0.844. The SMILES string of the molecule is COC(C=O)CCc1ccccc1O. The monoisotopic (exact) mass is 194 g/mol. The number of aryl methyl sites for hydroxylation is 1. The number of carbonyl (C=O) groups excluding carboxylic acids is 1. The molecule has 1 N–H and O–H groups in total. The van der Waals surface area contributed by atoms with E-state index in [9.17, 15) is 9.90 Å². The van der Waals surface area contributed by atoms with E-state index in [2.05, 4.69) is 0 Å². The minimum absolute atomic E-state index is 0.272. The van der Waals surface area contributed by atoms with Crippen LogP contribution in [0.3, 0.4) is 0 Å². The first-order valence-electron chi connectivity index (χ1n) is 4.53. The smallest absolute Gasteiger partial charge is 0.148 e. The van der Waals surface area contributed by atoms with Gasteiger partial charge in [0.15, 0.2) is 0 Å². The Bertz CT molecular complexity index is 296. The average molecular weight is 194 g/mol. The molecule has 0 fully saturated rings. The lowest BCUT2D eigenvalue weighted by molar-refractivity contribution is -0.116. The molecule has 1 rings (SSSR count). The molecule has 3 heteroatoms. The topological polar surface area (TPSA) is 46.5 Å². The van der Waals surface area contributed by atoms with Crippen LogP contribution in [0.15, 0.2) is 24.3 Å². The predicted molar refractivity (Wildman–Crippen MR) is 53.3 cm³/mol. The second-order valence-electron chi connectivity index (χ2n) is 3.08. The van der Waals surface area contributed by atoms with Crippen LogP contribution in [0.1, 0.15) is 12.0 Å². The van der Waals surface area contributed by atoms with E-state index in [4.69, 9.17) is 4.74 Å². The molecular weight excluding hydrogens is 180 g/mol. The van der Waals surface area contributed by atoms with Crippen LogP contribution in [0.2, 0.25) is 0 Å². The van der Waals surface area contributed by atoms with Crippen LogP contribution in [0.5, 0.6) is 5.75 Å². The largest absolute Gasteiger partial charge is 0.508 e. The van der Waals surface area contributed by atoms with Crippen molar-refractivity contribution in [1.29, 1.82) is 0 Å². The van der Waals surface area contributed by atoms with Gasteiger partial charge in [-0.25, -0.2) is 0 Å². The second-order valence-corrected chi connectivity index (χ2v) is 3.08. The Morgan fingerprint density at radius 1 is 1.50 bits per heavy atom. The number of ether oxygens (including phenoxy) is 1. The molecule has 1 atom stereocenters. The minimum Gasteiger partial charge on any atom is -0.508 e. The zero-order valence-electron chi connectivity index (χ0n) is 8.14. The van der Waals surface area contributed by atoms with Crippen molar-refractivity contribution < 1.29 is 14.6 Å². The average Bonchev–Trinajstić information content (AvgIpc) is 2.22. The van der Waals surface area contributed by atoms with Crippen molar-refractivity contribution in [3.63, 3.8) is 0 Å². The standard InChI is InChI=1S/C11H14O3/c1-14-10(8-12)7-6-9-4-2-3-5-11(9)13/h2-5,8,10,13H,6-7H2,1H3. The Balaban J connectivity index is 2.53. The Kier molecular flexibility index (Phi) is 4.13. The number of phenolic OH excluding ortho intramolecular Hbond substituents is 1. The number of carbonyl (C=O) groups is 1. The van der Waals surface area contributed by atoms with Gasteiger partial charge >= 0.3 is 0 Å². The van der Waals surface area contributed by atoms with E-state index >= 15 is 0 Å². The van der Waals surface area contributed by atoms with Crippen LogP contribution >= 0.6 is 0 Å². The molecule has 0 bridgehead atoms. The molecule has 0 aliphatic rings. The fourth-order valence-electron chi connectivity index (χ4n) is 1.26. The third-order valence-electron chi connectivity index (χ3n) is 2.14. The molecule has 76 valence electrons. The minimum atomic E-state index is -0.380. The van der Waals surface area contributed by atoms with Crippen molar-refractivity contribution in [2.75, 3.05) is 7.11 Å². The molecule has 1 aromatic rings. The maximum atomic E-state index is 10.5. The first-order chi connectivity index (χ1) is 6.77. The number of phenols is 1. The summed E-state index contributed by atoms with van der Waals surface area (Å²) < 4.78 is 4.91. The molecule has 0 aliphatic heterocycles. The van der Waals surface area contributed by atoms with Gasteiger partial charge in [0.1, 0.15) is 18.1 Å². The van der Waals surface area contributed by atoms with Crippen LogP contribution in [0.4, 0.5) is 0 Å². The van der Waals surface area contributed by atoms with E-state index in [1.54, 1.807) is 12.1 Å². The zero-order valence-corrected chi connectivity index (χ0v) is 8.14. The first-order valence-corrected chi connectivity index (χ1v) is 4.53. The molecule has 0 saturated carbocycles. The summed E-state index contributed by atoms with van der Waals surface area (Å²) in [6.07, 6.45) is 1.64. The van der Waals surface area contributed by atoms with Crippen molar-refractivity contribution in [1.82, 2.24) is 0 Å². The highest BCUT2D eigenvalue weighted by Crippen LogP contribution is 2.17. The van der Waals surface area contributed by atoms with Gasteiger partial charge < -0.3 is 14.6 Å². The highest BCUT2D eigenvalue weighted by Gasteiger charge is 2.07. The molecule has 1 aromatic carbocycles. The number of aromatic hydroxyl groups is 1. The van der Waals surface area contributed by atoms with E-state index in [1.165, 1.54) is 7.11 Å².